The van der Waals surface area contributed by atoms with Crippen LogP contribution in [-0.4, -0.2) is 30.7 Å². The normalized spacial score (nSPS) is 11.4. The maximum Gasteiger partial charge on any atom is 0.341 e. The van der Waals surface area contributed by atoms with Gasteiger partial charge in [0.25, 0.3) is 0 Å². The van der Waals surface area contributed by atoms with Crippen LogP contribution in [0.4, 0.5) is 5.69 Å². The number of carboxylic acids is 1. The van der Waals surface area contributed by atoms with Gasteiger partial charge in [-0.2, -0.15) is 0 Å². The fourth-order valence-corrected chi connectivity index (χ4v) is 2.36. The molecular weight excluding hydrogens is 322 g/mol. The molecule has 0 saturated heterocycles. The van der Waals surface area contributed by atoms with Crippen molar-refractivity contribution in [3.8, 4) is 11.5 Å². The van der Waals surface area contributed by atoms with Crippen molar-refractivity contribution in [1.82, 2.24) is 0 Å². The van der Waals surface area contributed by atoms with Crippen molar-refractivity contribution in [2.45, 2.75) is 19.3 Å². The zero-order valence-corrected chi connectivity index (χ0v) is 14.2. The van der Waals surface area contributed by atoms with Gasteiger partial charge in [-0.15, -0.1) is 0 Å². The van der Waals surface area contributed by atoms with Crippen LogP contribution < -0.4 is 14.8 Å². The van der Waals surface area contributed by atoms with Gasteiger partial charge in [0.05, 0.1) is 7.11 Å². The molecule has 0 aliphatic carbocycles. The van der Waals surface area contributed by atoms with Crippen LogP contribution in [0.25, 0.3) is 0 Å². The Morgan fingerprint density at radius 3 is 2.56 bits per heavy atom. The number of carboxylic acid groups (broad SMARTS) is 1. The van der Waals surface area contributed by atoms with Gasteiger partial charge in [0.15, 0.2) is 6.61 Å². The number of carbonyl (C=O) groups excluding carboxylic acids is 1. The minimum atomic E-state index is -1.05. The van der Waals surface area contributed by atoms with Crippen LogP contribution in [0.2, 0.25) is 0 Å². The van der Waals surface area contributed by atoms with Gasteiger partial charge in [0.2, 0.25) is 5.91 Å². The smallest absolute Gasteiger partial charge is 0.341 e. The number of hydrogen-bond donors (Lipinski definition) is 2. The van der Waals surface area contributed by atoms with E-state index in [0.29, 0.717) is 17.9 Å². The SMILES string of the molecule is COc1cccc(C(C)CC(=O)Nc2cccc(OCC(=O)O)c2)c1. The first-order valence-corrected chi connectivity index (χ1v) is 7.86. The Labute approximate surface area is 146 Å². The maximum atomic E-state index is 12.3. The molecule has 1 atom stereocenters. The first-order valence-electron chi connectivity index (χ1n) is 7.86. The first-order chi connectivity index (χ1) is 12.0. The maximum absolute atomic E-state index is 12.3. The molecule has 1 unspecified atom stereocenters. The number of hydrogen-bond acceptors (Lipinski definition) is 4. The summed E-state index contributed by atoms with van der Waals surface area (Å²) in [6.45, 7) is 1.55. The van der Waals surface area contributed by atoms with E-state index in [4.69, 9.17) is 14.6 Å². The van der Waals surface area contributed by atoms with Crippen LogP contribution in [0.5, 0.6) is 11.5 Å². The van der Waals surface area contributed by atoms with Crippen LogP contribution in [-0.2, 0) is 9.59 Å². The summed E-state index contributed by atoms with van der Waals surface area (Å²) in [5.74, 6) is -0.0112. The number of methoxy groups -OCH3 is 1. The second-order valence-electron chi connectivity index (χ2n) is 5.64. The predicted molar refractivity (Wildman–Crippen MR) is 94.2 cm³/mol. The van der Waals surface area contributed by atoms with E-state index in [1.807, 2.05) is 31.2 Å². The lowest BCUT2D eigenvalue weighted by Crippen LogP contribution is -2.15. The number of ether oxygens (including phenoxy) is 2. The fraction of sp³-hybridized carbons (Fsp3) is 0.263. The Balaban J connectivity index is 1.95. The van der Waals surface area contributed by atoms with Crippen molar-refractivity contribution in [2.24, 2.45) is 0 Å². The van der Waals surface area contributed by atoms with E-state index in [2.05, 4.69) is 5.32 Å². The minimum Gasteiger partial charge on any atom is -0.497 e. The molecule has 132 valence electrons. The van der Waals surface area contributed by atoms with Crippen LogP contribution in [0.1, 0.15) is 24.8 Å². The summed E-state index contributed by atoms with van der Waals surface area (Å²) >= 11 is 0. The van der Waals surface area contributed by atoms with Crippen molar-refractivity contribution >= 4 is 17.6 Å². The first kappa shape index (κ1) is 18.3. The molecule has 0 saturated carbocycles. The monoisotopic (exact) mass is 343 g/mol. The lowest BCUT2D eigenvalue weighted by Gasteiger charge is -2.13. The molecule has 2 aromatic carbocycles. The van der Waals surface area contributed by atoms with E-state index in [-0.39, 0.29) is 11.8 Å². The van der Waals surface area contributed by atoms with E-state index >= 15 is 0 Å². The van der Waals surface area contributed by atoms with Crippen LogP contribution in [0.15, 0.2) is 48.5 Å². The van der Waals surface area contributed by atoms with Gasteiger partial charge in [0.1, 0.15) is 11.5 Å². The largest absolute Gasteiger partial charge is 0.497 e. The van der Waals surface area contributed by atoms with Gasteiger partial charge < -0.3 is 19.9 Å². The van der Waals surface area contributed by atoms with Crippen LogP contribution >= 0.6 is 0 Å². The van der Waals surface area contributed by atoms with Crippen molar-refractivity contribution in [1.29, 1.82) is 0 Å². The summed E-state index contributed by atoms with van der Waals surface area (Å²) < 4.78 is 10.3. The molecule has 0 spiro atoms. The molecule has 2 aromatic rings. The summed E-state index contributed by atoms with van der Waals surface area (Å²) in [5, 5.41) is 11.4. The number of nitrogens with one attached hydrogen (secondary N) is 1. The van der Waals surface area contributed by atoms with E-state index in [0.717, 1.165) is 11.3 Å². The van der Waals surface area contributed by atoms with Crippen molar-refractivity contribution in [3.63, 3.8) is 0 Å². The average molecular weight is 343 g/mol. The van der Waals surface area contributed by atoms with Gasteiger partial charge in [-0.25, -0.2) is 4.79 Å². The molecule has 1 amide bonds. The molecule has 2 rings (SSSR count). The highest BCUT2D eigenvalue weighted by Gasteiger charge is 2.12. The molecular formula is C19H21NO5. The predicted octanol–water partition coefficient (Wildman–Crippen LogP) is 3.29. The Morgan fingerprint density at radius 1 is 1.12 bits per heavy atom. The quantitative estimate of drug-likeness (QED) is 0.768. The summed E-state index contributed by atoms with van der Waals surface area (Å²) in [7, 11) is 1.61. The fourth-order valence-electron chi connectivity index (χ4n) is 2.36. The number of aliphatic carboxylic acids is 1. The zero-order valence-electron chi connectivity index (χ0n) is 14.2. The van der Waals surface area contributed by atoms with Crippen molar-refractivity contribution < 1.29 is 24.2 Å². The van der Waals surface area contributed by atoms with Crippen molar-refractivity contribution in [3.05, 3.63) is 54.1 Å². The van der Waals surface area contributed by atoms with E-state index < -0.39 is 12.6 Å². The molecule has 0 bridgehead atoms. The molecule has 0 aliphatic heterocycles. The number of amides is 1. The van der Waals surface area contributed by atoms with Crippen molar-refractivity contribution in [2.75, 3.05) is 19.0 Å². The zero-order chi connectivity index (χ0) is 18.2. The highest BCUT2D eigenvalue weighted by Crippen LogP contribution is 2.24. The topological polar surface area (TPSA) is 84.9 Å². The van der Waals surface area contributed by atoms with E-state index in [1.54, 1.807) is 31.4 Å². The molecule has 6 heteroatoms. The second-order valence-corrected chi connectivity index (χ2v) is 5.64. The number of benzene rings is 2. The third-order valence-electron chi connectivity index (χ3n) is 3.63. The third-order valence-corrected chi connectivity index (χ3v) is 3.63. The molecule has 0 fully saturated rings. The molecule has 6 nitrogen and oxygen atoms in total. The summed E-state index contributed by atoms with van der Waals surface area (Å²) in [5.41, 5.74) is 1.58. The summed E-state index contributed by atoms with van der Waals surface area (Å²) in [6, 6.07) is 14.3. The van der Waals surface area contributed by atoms with Gasteiger partial charge in [-0.1, -0.05) is 25.1 Å². The summed E-state index contributed by atoms with van der Waals surface area (Å²) in [4.78, 5) is 22.8. The molecule has 2 N–H and O–H groups in total. The lowest BCUT2D eigenvalue weighted by molar-refractivity contribution is -0.139. The Bertz CT molecular complexity index is 744. The molecule has 0 radical (unpaired) electrons. The Morgan fingerprint density at radius 2 is 1.84 bits per heavy atom. The molecule has 0 aromatic heterocycles. The van der Waals surface area contributed by atoms with Gasteiger partial charge >= 0.3 is 5.97 Å². The van der Waals surface area contributed by atoms with Gasteiger partial charge in [-0.3, -0.25) is 4.79 Å². The lowest BCUT2D eigenvalue weighted by atomic mass is 9.97. The standard InChI is InChI=1S/C19H21NO5/c1-13(14-5-3-7-16(10-14)24-2)9-18(21)20-15-6-4-8-17(11-15)25-12-19(22)23/h3-8,10-11,13H,9,12H2,1-2H3,(H,20,21)(H,22,23). The van der Waals surface area contributed by atoms with Crippen LogP contribution in [0, 0.1) is 0 Å². The summed E-state index contributed by atoms with van der Waals surface area (Å²) in [6.07, 6.45) is 0.313. The molecule has 25 heavy (non-hydrogen) atoms. The Hall–Kier alpha value is -3.02. The number of anilines is 1. The van der Waals surface area contributed by atoms with E-state index in [9.17, 15) is 9.59 Å². The third kappa shape index (κ3) is 5.84. The van der Waals surface area contributed by atoms with Crippen LogP contribution in [0.3, 0.4) is 0 Å². The van der Waals surface area contributed by atoms with Gasteiger partial charge in [-0.05, 0) is 35.7 Å². The number of rotatable bonds is 8. The molecule has 0 aliphatic rings. The Kier molecular flexibility index (Phi) is 6.39. The average Bonchev–Trinajstić information content (AvgIpc) is 2.60. The highest BCUT2D eigenvalue weighted by molar-refractivity contribution is 5.91. The molecule has 0 heterocycles. The van der Waals surface area contributed by atoms with Gasteiger partial charge in [0, 0.05) is 18.2 Å². The minimum absolute atomic E-state index is 0.0292. The number of carbonyl (C=O) groups is 2. The highest BCUT2D eigenvalue weighted by atomic mass is 16.5. The van der Waals surface area contributed by atoms with E-state index in [1.165, 1.54) is 0 Å². The second kappa shape index (κ2) is 8.73.